The summed E-state index contributed by atoms with van der Waals surface area (Å²) in [6, 6.07) is 8.10. The van der Waals surface area contributed by atoms with Crippen molar-refractivity contribution in [2.75, 3.05) is 27.2 Å². The van der Waals surface area contributed by atoms with E-state index >= 15 is 0 Å². The third-order valence-corrected chi connectivity index (χ3v) is 3.83. The molecule has 0 saturated carbocycles. The van der Waals surface area contributed by atoms with Crippen LogP contribution < -0.4 is 20.7 Å². The molecular weight excluding hydrogens is 483 g/mol. The Morgan fingerprint density at radius 3 is 2.41 bits per heavy atom. The Morgan fingerprint density at radius 1 is 1.14 bits per heavy atom. The van der Waals surface area contributed by atoms with Crippen molar-refractivity contribution in [2.24, 2.45) is 4.99 Å². The Morgan fingerprint density at radius 2 is 1.83 bits per heavy atom. The number of aliphatic imine (C=N–C) groups is 1. The maximum Gasteiger partial charge on any atom is 0.408 e. The Kier molecular flexibility index (Phi) is 12.0. The highest BCUT2D eigenvalue weighted by molar-refractivity contribution is 14.0. The first-order valence-corrected chi connectivity index (χ1v) is 9.63. The van der Waals surface area contributed by atoms with E-state index in [1.165, 1.54) is 5.56 Å². The fourth-order valence-corrected chi connectivity index (χ4v) is 2.48. The second-order valence-electron chi connectivity index (χ2n) is 8.32. The van der Waals surface area contributed by atoms with Gasteiger partial charge in [0.15, 0.2) is 5.96 Å². The van der Waals surface area contributed by atoms with Crippen LogP contribution in [0.25, 0.3) is 0 Å². The molecule has 0 atom stereocenters. The molecule has 0 bridgehead atoms. The first-order valence-electron chi connectivity index (χ1n) is 9.63. The molecule has 0 radical (unpaired) electrons. The van der Waals surface area contributed by atoms with Crippen LogP contribution in [0.3, 0.4) is 0 Å². The Hall–Kier alpha value is -1.71. The molecule has 1 rings (SSSR count). The summed E-state index contributed by atoms with van der Waals surface area (Å²) in [5.74, 6) is 1.58. The maximum atomic E-state index is 12.0. The lowest BCUT2D eigenvalue weighted by Gasteiger charge is -2.29. The number of benzene rings is 1. The molecule has 0 aromatic heterocycles. The van der Waals surface area contributed by atoms with Gasteiger partial charge in [0.25, 0.3) is 0 Å². The van der Waals surface area contributed by atoms with Crippen LogP contribution in [0.15, 0.2) is 29.3 Å². The van der Waals surface area contributed by atoms with Crippen molar-refractivity contribution in [1.29, 1.82) is 0 Å². The average molecular weight is 520 g/mol. The molecular formula is C21H37IN4O3. The Labute approximate surface area is 192 Å². The molecule has 8 heteroatoms. The van der Waals surface area contributed by atoms with Crippen LogP contribution in [0.4, 0.5) is 4.79 Å². The smallest absolute Gasteiger partial charge is 0.408 e. The Bertz CT molecular complexity index is 658. The van der Waals surface area contributed by atoms with Crippen molar-refractivity contribution in [3.8, 4) is 5.75 Å². The number of nitrogens with one attached hydrogen (secondary N) is 3. The predicted octanol–water partition coefficient (Wildman–Crippen LogP) is 3.71. The summed E-state index contributed by atoms with van der Waals surface area (Å²) in [5, 5.41) is 9.41. The molecule has 7 nitrogen and oxygen atoms in total. The number of hydrogen-bond donors (Lipinski definition) is 3. The molecule has 0 spiro atoms. The van der Waals surface area contributed by atoms with Crippen LogP contribution in [-0.2, 0) is 11.2 Å². The number of amides is 1. The minimum Gasteiger partial charge on any atom is -0.497 e. The monoisotopic (exact) mass is 520 g/mol. The Balaban J connectivity index is 0.00000784. The maximum absolute atomic E-state index is 12.0. The van der Waals surface area contributed by atoms with Crippen LogP contribution in [-0.4, -0.2) is 50.4 Å². The molecule has 166 valence electrons. The van der Waals surface area contributed by atoms with E-state index < -0.39 is 17.2 Å². The second kappa shape index (κ2) is 12.8. The van der Waals surface area contributed by atoms with Crippen molar-refractivity contribution in [3.05, 3.63) is 29.8 Å². The van der Waals surface area contributed by atoms with Gasteiger partial charge in [-0.25, -0.2) is 4.79 Å². The number of halogens is 1. The lowest BCUT2D eigenvalue weighted by molar-refractivity contribution is 0.0474. The van der Waals surface area contributed by atoms with E-state index in [1.807, 2.05) is 46.8 Å². The van der Waals surface area contributed by atoms with E-state index in [1.54, 1.807) is 14.2 Å². The number of nitrogens with zero attached hydrogens (tertiary/aromatic N) is 1. The van der Waals surface area contributed by atoms with E-state index in [4.69, 9.17) is 9.47 Å². The number of hydrogen-bond acceptors (Lipinski definition) is 4. The normalized spacial score (nSPS) is 11.9. The van der Waals surface area contributed by atoms with Gasteiger partial charge < -0.3 is 25.4 Å². The van der Waals surface area contributed by atoms with Crippen LogP contribution >= 0.6 is 24.0 Å². The molecule has 1 aromatic carbocycles. The molecule has 0 aliphatic carbocycles. The molecule has 0 saturated heterocycles. The van der Waals surface area contributed by atoms with Gasteiger partial charge in [0.1, 0.15) is 11.4 Å². The average Bonchev–Trinajstić information content (AvgIpc) is 2.59. The zero-order valence-corrected chi connectivity index (χ0v) is 21.0. The van der Waals surface area contributed by atoms with Crippen molar-refractivity contribution in [3.63, 3.8) is 0 Å². The van der Waals surface area contributed by atoms with Gasteiger partial charge >= 0.3 is 6.09 Å². The van der Waals surface area contributed by atoms with Crippen molar-refractivity contribution < 1.29 is 14.3 Å². The first kappa shape index (κ1) is 27.3. The number of ether oxygens (including phenoxy) is 2. The molecule has 0 fully saturated rings. The third kappa shape index (κ3) is 12.5. The van der Waals surface area contributed by atoms with Crippen molar-refractivity contribution in [2.45, 2.75) is 58.6 Å². The minimum absolute atomic E-state index is 0. The summed E-state index contributed by atoms with van der Waals surface area (Å²) in [6.07, 6.45) is 1.49. The fraction of sp³-hybridized carbons (Fsp3) is 0.619. The van der Waals surface area contributed by atoms with E-state index in [9.17, 15) is 4.79 Å². The topological polar surface area (TPSA) is 84.0 Å². The summed E-state index contributed by atoms with van der Waals surface area (Å²) < 4.78 is 10.6. The van der Waals surface area contributed by atoms with E-state index in [0.717, 1.165) is 25.1 Å². The molecule has 0 heterocycles. The number of aryl methyl sites for hydroxylation is 1. The zero-order valence-electron chi connectivity index (χ0n) is 18.7. The number of alkyl carbamates (subject to hydrolysis) is 1. The van der Waals surface area contributed by atoms with Gasteiger partial charge in [0.05, 0.1) is 12.6 Å². The van der Waals surface area contributed by atoms with E-state index in [-0.39, 0.29) is 24.0 Å². The van der Waals surface area contributed by atoms with Gasteiger partial charge in [-0.05, 0) is 65.2 Å². The van der Waals surface area contributed by atoms with Crippen LogP contribution in [0, 0.1) is 0 Å². The minimum atomic E-state index is -0.520. The number of rotatable bonds is 8. The lowest BCUT2D eigenvalue weighted by atomic mass is 10.1. The summed E-state index contributed by atoms with van der Waals surface area (Å²) in [7, 11) is 3.40. The highest BCUT2D eigenvalue weighted by atomic mass is 127. The zero-order chi connectivity index (χ0) is 21.2. The molecule has 1 amide bonds. The van der Waals surface area contributed by atoms with Gasteiger partial charge in [0.2, 0.25) is 0 Å². The first-order chi connectivity index (χ1) is 13.0. The highest BCUT2D eigenvalue weighted by Gasteiger charge is 2.24. The molecule has 1 aromatic rings. The van der Waals surface area contributed by atoms with Crippen molar-refractivity contribution >= 4 is 36.0 Å². The summed E-state index contributed by atoms with van der Waals surface area (Å²) >= 11 is 0. The van der Waals surface area contributed by atoms with Crippen molar-refractivity contribution in [1.82, 2.24) is 16.0 Å². The lowest BCUT2D eigenvalue weighted by Crippen LogP contribution is -2.54. The van der Waals surface area contributed by atoms with Gasteiger partial charge in [-0.15, -0.1) is 24.0 Å². The SMILES string of the molecule is CN=C(NCCCc1cccc(OC)c1)NCC(C)(C)NC(=O)OC(C)(C)C.I. The molecule has 29 heavy (non-hydrogen) atoms. The largest absolute Gasteiger partial charge is 0.497 e. The highest BCUT2D eigenvalue weighted by Crippen LogP contribution is 2.13. The second-order valence-corrected chi connectivity index (χ2v) is 8.32. The van der Waals surface area contributed by atoms with Crippen LogP contribution in [0.5, 0.6) is 5.75 Å². The molecule has 3 N–H and O–H groups in total. The fourth-order valence-electron chi connectivity index (χ4n) is 2.48. The molecule has 0 unspecified atom stereocenters. The number of guanidine groups is 1. The van der Waals surface area contributed by atoms with Gasteiger partial charge in [-0.3, -0.25) is 4.99 Å². The summed E-state index contributed by atoms with van der Waals surface area (Å²) in [5.41, 5.74) is 0.237. The number of carbonyl (C=O) groups is 1. The number of carbonyl (C=O) groups excluding carboxylic acids is 1. The summed E-state index contributed by atoms with van der Waals surface area (Å²) in [6.45, 7) is 10.7. The third-order valence-electron chi connectivity index (χ3n) is 3.83. The summed E-state index contributed by atoms with van der Waals surface area (Å²) in [4.78, 5) is 16.2. The van der Waals surface area contributed by atoms with Crippen LogP contribution in [0.1, 0.15) is 46.6 Å². The molecule has 0 aliphatic rings. The standard InChI is InChI=1S/C21H36N4O3.HI/c1-20(2,3)28-19(26)25-21(4,5)15-24-18(22-6)23-13-9-11-16-10-8-12-17(14-16)27-7;/h8,10,12,14H,9,11,13,15H2,1-7H3,(H,25,26)(H2,22,23,24);1H. The quantitative estimate of drug-likeness (QED) is 0.211. The molecule has 0 aliphatic heterocycles. The van der Waals surface area contributed by atoms with E-state index in [2.05, 4.69) is 33.1 Å². The predicted molar refractivity (Wildman–Crippen MR) is 130 cm³/mol. The van der Waals surface area contributed by atoms with Crippen LogP contribution in [0.2, 0.25) is 0 Å². The van der Waals surface area contributed by atoms with Gasteiger partial charge in [0, 0.05) is 20.1 Å². The van der Waals surface area contributed by atoms with E-state index in [0.29, 0.717) is 12.5 Å². The van der Waals surface area contributed by atoms with Gasteiger partial charge in [-0.2, -0.15) is 0 Å². The van der Waals surface area contributed by atoms with Gasteiger partial charge in [-0.1, -0.05) is 12.1 Å². The number of methoxy groups -OCH3 is 1.